The molecule has 1 aromatic heterocycles. The lowest BCUT2D eigenvalue weighted by atomic mass is 10.2. The second-order valence-corrected chi connectivity index (χ2v) is 4.59. The van der Waals surface area contributed by atoms with E-state index in [1.807, 2.05) is 6.08 Å². The third-order valence-electron chi connectivity index (χ3n) is 2.98. The van der Waals surface area contributed by atoms with Gasteiger partial charge in [-0.1, -0.05) is 24.3 Å². The summed E-state index contributed by atoms with van der Waals surface area (Å²) in [7, 11) is 0. The van der Waals surface area contributed by atoms with Crippen molar-refractivity contribution in [2.24, 2.45) is 0 Å². The molecule has 0 amide bonds. The number of nitrogens with zero attached hydrogens (tertiary/aromatic N) is 1. The van der Waals surface area contributed by atoms with E-state index in [9.17, 15) is 0 Å². The van der Waals surface area contributed by atoms with Gasteiger partial charge >= 0.3 is 0 Å². The fourth-order valence-corrected chi connectivity index (χ4v) is 2.15. The Hall–Kier alpha value is -1.54. The number of para-hydroxylation sites is 1. The van der Waals surface area contributed by atoms with Gasteiger partial charge in [0.25, 0.3) is 0 Å². The molecule has 0 aliphatic heterocycles. The number of fused-ring (bicyclic) bond motifs is 1. The lowest BCUT2D eigenvalue weighted by Gasteiger charge is -2.08. The molecular formula is C15H20N2. The first-order valence-electron chi connectivity index (χ1n) is 6.14. The van der Waals surface area contributed by atoms with Crippen LogP contribution in [0.5, 0.6) is 0 Å². The van der Waals surface area contributed by atoms with Crippen molar-refractivity contribution in [1.82, 2.24) is 9.88 Å². The monoisotopic (exact) mass is 228 g/mol. The van der Waals surface area contributed by atoms with Gasteiger partial charge in [-0.3, -0.25) is 0 Å². The van der Waals surface area contributed by atoms with E-state index < -0.39 is 0 Å². The minimum Gasteiger partial charge on any atom is -0.345 e. The predicted octanol–water partition coefficient (Wildman–Crippen LogP) is 3.50. The molecule has 0 aliphatic carbocycles. The van der Waals surface area contributed by atoms with Gasteiger partial charge in [0.05, 0.1) is 0 Å². The van der Waals surface area contributed by atoms with Crippen molar-refractivity contribution < 1.29 is 0 Å². The summed E-state index contributed by atoms with van der Waals surface area (Å²) in [6.07, 6.45) is 4.15. The Balaban J connectivity index is 2.38. The van der Waals surface area contributed by atoms with Gasteiger partial charge in [0, 0.05) is 36.2 Å². The molecule has 0 spiro atoms. The Bertz CT molecular complexity index is 509. The average Bonchev–Trinajstić information content (AvgIpc) is 2.69. The third kappa shape index (κ3) is 2.42. The van der Waals surface area contributed by atoms with Crippen LogP contribution in [-0.4, -0.2) is 11.1 Å². The van der Waals surface area contributed by atoms with Gasteiger partial charge < -0.3 is 9.88 Å². The van der Waals surface area contributed by atoms with E-state index in [1.54, 1.807) is 0 Å². The second kappa shape index (κ2) is 5.19. The maximum absolute atomic E-state index is 3.72. The highest BCUT2D eigenvalue weighted by Gasteiger charge is 2.09. The lowest BCUT2D eigenvalue weighted by molar-refractivity contribution is 0.619. The highest BCUT2D eigenvalue weighted by Crippen LogP contribution is 2.24. The molecule has 1 N–H and O–H groups in total. The topological polar surface area (TPSA) is 17.0 Å². The second-order valence-electron chi connectivity index (χ2n) is 4.59. The molecule has 1 heterocycles. The van der Waals surface area contributed by atoms with Crippen molar-refractivity contribution in [1.29, 1.82) is 0 Å². The van der Waals surface area contributed by atoms with Crippen molar-refractivity contribution in [2.75, 3.05) is 6.54 Å². The summed E-state index contributed by atoms with van der Waals surface area (Å²) >= 11 is 0. The molecule has 0 atom stereocenters. The number of rotatable bonds is 5. The van der Waals surface area contributed by atoms with Crippen LogP contribution in [0.15, 0.2) is 43.1 Å². The summed E-state index contributed by atoms with van der Waals surface area (Å²) in [5.41, 5.74) is 2.68. The first kappa shape index (κ1) is 11.9. The van der Waals surface area contributed by atoms with Crippen LogP contribution in [0.3, 0.4) is 0 Å². The van der Waals surface area contributed by atoms with Gasteiger partial charge in [0.2, 0.25) is 0 Å². The molecule has 0 fully saturated rings. The predicted molar refractivity (Wildman–Crippen MR) is 74.2 cm³/mol. The zero-order valence-electron chi connectivity index (χ0n) is 10.6. The highest BCUT2D eigenvalue weighted by molar-refractivity contribution is 5.84. The van der Waals surface area contributed by atoms with Crippen molar-refractivity contribution in [2.45, 2.75) is 26.4 Å². The molecule has 17 heavy (non-hydrogen) atoms. The molecular weight excluding hydrogens is 208 g/mol. The van der Waals surface area contributed by atoms with Crippen LogP contribution in [0, 0.1) is 0 Å². The van der Waals surface area contributed by atoms with Gasteiger partial charge in [0.1, 0.15) is 0 Å². The Labute approximate surface area is 103 Å². The highest BCUT2D eigenvalue weighted by atomic mass is 15.0. The van der Waals surface area contributed by atoms with E-state index in [-0.39, 0.29) is 0 Å². The fourth-order valence-electron chi connectivity index (χ4n) is 2.15. The van der Waals surface area contributed by atoms with Crippen LogP contribution in [0.4, 0.5) is 0 Å². The van der Waals surface area contributed by atoms with Crippen LogP contribution in [0.1, 0.15) is 25.5 Å². The molecule has 0 saturated carbocycles. The zero-order chi connectivity index (χ0) is 12.3. The number of nitrogens with one attached hydrogen (secondary N) is 1. The van der Waals surface area contributed by atoms with E-state index in [0.717, 1.165) is 13.1 Å². The maximum Gasteiger partial charge on any atom is 0.0486 e. The van der Waals surface area contributed by atoms with E-state index in [2.05, 4.69) is 60.8 Å². The maximum atomic E-state index is 3.72. The summed E-state index contributed by atoms with van der Waals surface area (Å²) in [4.78, 5) is 0. The summed E-state index contributed by atoms with van der Waals surface area (Å²) < 4.78 is 2.33. The largest absolute Gasteiger partial charge is 0.345 e. The van der Waals surface area contributed by atoms with E-state index in [4.69, 9.17) is 0 Å². The van der Waals surface area contributed by atoms with E-state index in [1.165, 1.54) is 16.5 Å². The molecule has 2 aromatic rings. The van der Waals surface area contributed by atoms with E-state index >= 15 is 0 Å². The minimum absolute atomic E-state index is 0.494. The van der Waals surface area contributed by atoms with Crippen molar-refractivity contribution in [3.63, 3.8) is 0 Å². The Morgan fingerprint density at radius 1 is 1.35 bits per heavy atom. The van der Waals surface area contributed by atoms with Crippen molar-refractivity contribution in [3.8, 4) is 0 Å². The number of benzene rings is 1. The van der Waals surface area contributed by atoms with Crippen LogP contribution in [-0.2, 0) is 6.54 Å². The standard InChI is InChI=1S/C15H20N2/c1-4-9-16-10-13-11-17(12(2)3)15-8-6-5-7-14(13)15/h4-8,11-12,16H,1,9-10H2,2-3H3. The molecule has 0 aliphatic rings. The summed E-state index contributed by atoms with van der Waals surface area (Å²) in [5.74, 6) is 0. The van der Waals surface area contributed by atoms with Crippen LogP contribution < -0.4 is 5.32 Å². The van der Waals surface area contributed by atoms with Gasteiger partial charge in [-0.25, -0.2) is 0 Å². The molecule has 0 unspecified atom stereocenters. The van der Waals surface area contributed by atoms with Gasteiger partial charge in [-0.05, 0) is 25.5 Å². The molecule has 0 saturated heterocycles. The third-order valence-corrected chi connectivity index (χ3v) is 2.98. The number of hydrogen-bond acceptors (Lipinski definition) is 1. The molecule has 2 nitrogen and oxygen atoms in total. The molecule has 90 valence electrons. The van der Waals surface area contributed by atoms with Gasteiger partial charge in [-0.15, -0.1) is 6.58 Å². The lowest BCUT2D eigenvalue weighted by Crippen LogP contribution is -2.12. The molecule has 1 aromatic carbocycles. The zero-order valence-corrected chi connectivity index (χ0v) is 10.6. The Morgan fingerprint density at radius 3 is 2.82 bits per heavy atom. The summed E-state index contributed by atoms with van der Waals surface area (Å²) in [6, 6.07) is 9.07. The average molecular weight is 228 g/mol. The first-order chi connectivity index (χ1) is 8.24. The number of hydrogen-bond donors (Lipinski definition) is 1. The van der Waals surface area contributed by atoms with Crippen LogP contribution in [0.2, 0.25) is 0 Å². The molecule has 0 radical (unpaired) electrons. The minimum atomic E-state index is 0.494. The SMILES string of the molecule is C=CCNCc1cn(C(C)C)c2ccccc12. The first-order valence-corrected chi connectivity index (χ1v) is 6.14. The van der Waals surface area contributed by atoms with Gasteiger partial charge in [0.15, 0.2) is 0 Å². The smallest absolute Gasteiger partial charge is 0.0486 e. The summed E-state index contributed by atoms with van der Waals surface area (Å²) in [6.45, 7) is 9.89. The Morgan fingerprint density at radius 2 is 2.12 bits per heavy atom. The molecule has 2 rings (SSSR count). The van der Waals surface area contributed by atoms with E-state index in [0.29, 0.717) is 6.04 Å². The van der Waals surface area contributed by atoms with Crippen LogP contribution in [0.25, 0.3) is 10.9 Å². The molecule has 2 heteroatoms. The Kier molecular flexibility index (Phi) is 3.64. The molecule has 0 bridgehead atoms. The fraction of sp³-hybridized carbons (Fsp3) is 0.333. The van der Waals surface area contributed by atoms with Crippen LogP contribution >= 0.6 is 0 Å². The summed E-state index contributed by atoms with van der Waals surface area (Å²) in [5, 5.41) is 4.71. The van der Waals surface area contributed by atoms with Crippen molar-refractivity contribution >= 4 is 10.9 Å². The quantitative estimate of drug-likeness (QED) is 0.612. The van der Waals surface area contributed by atoms with Gasteiger partial charge in [-0.2, -0.15) is 0 Å². The number of aromatic nitrogens is 1. The normalized spacial score (nSPS) is 11.2. The van der Waals surface area contributed by atoms with Crippen molar-refractivity contribution in [3.05, 3.63) is 48.7 Å².